The third-order valence-corrected chi connectivity index (χ3v) is 2.56. The van der Waals surface area contributed by atoms with Gasteiger partial charge in [0.25, 0.3) is 0 Å². The van der Waals surface area contributed by atoms with Gasteiger partial charge in [0.15, 0.2) is 5.82 Å². The molecule has 0 bridgehead atoms. The molecule has 6 nitrogen and oxygen atoms in total. The van der Waals surface area contributed by atoms with E-state index in [1.165, 1.54) is 11.1 Å². The van der Waals surface area contributed by atoms with E-state index in [1.54, 1.807) is 26.0 Å². The monoisotopic (exact) mass is 271 g/mol. The molecule has 0 aromatic carbocycles. The number of hydrogen-bond donors (Lipinski definition) is 1. The Morgan fingerprint density at radius 2 is 2.11 bits per heavy atom. The van der Waals surface area contributed by atoms with Gasteiger partial charge in [-0.2, -0.15) is 4.98 Å². The van der Waals surface area contributed by atoms with Crippen LogP contribution in [0.5, 0.6) is 0 Å². The van der Waals surface area contributed by atoms with E-state index < -0.39 is 0 Å². The van der Waals surface area contributed by atoms with Gasteiger partial charge in [0.1, 0.15) is 5.02 Å². The first-order chi connectivity index (χ1) is 8.45. The molecule has 0 saturated carbocycles. The van der Waals surface area contributed by atoms with Crippen LogP contribution in [0.25, 0.3) is 0 Å². The van der Waals surface area contributed by atoms with Crippen molar-refractivity contribution in [1.82, 2.24) is 14.9 Å². The van der Waals surface area contributed by atoms with Gasteiger partial charge >= 0.3 is 0 Å². The lowest BCUT2D eigenvalue weighted by atomic mass is 10.4. The molecular weight excluding hydrogens is 254 g/mol. The van der Waals surface area contributed by atoms with Gasteiger partial charge in [-0.25, -0.2) is 4.98 Å². The fourth-order valence-electron chi connectivity index (χ4n) is 1.29. The van der Waals surface area contributed by atoms with E-state index in [-0.39, 0.29) is 12.5 Å². The van der Waals surface area contributed by atoms with Crippen molar-refractivity contribution in [3.63, 3.8) is 0 Å². The highest BCUT2D eigenvalue weighted by atomic mass is 35.5. The van der Waals surface area contributed by atoms with Gasteiger partial charge in [-0.3, -0.25) is 4.79 Å². The van der Waals surface area contributed by atoms with Gasteiger partial charge in [0, 0.05) is 27.7 Å². The van der Waals surface area contributed by atoms with Crippen LogP contribution < -0.4 is 10.2 Å². The van der Waals surface area contributed by atoms with Crippen molar-refractivity contribution in [1.29, 1.82) is 0 Å². The maximum absolute atomic E-state index is 11.6. The fraction of sp³-hybridized carbons (Fsp3) is 0.545. The molecule has 18 heavy (non-hydrogen) atoms. The normalized spacial score (nSPS) is 10.1. The summed E-state index contributed by atoms with van der Waals surface area (Å²) in [7, 11) is 5.19. The van der Waals surface area contributed by atoms with Crippen LogP contribution >= 0.6 is 11.6 Å². The first-order valence-corrected chi connectivity index (χ1v) is 6.01. The number of halogens is 1. The van der Waals surface area contributed by atoms with Gasteiger partial charge < -0.3 is 15.1 Å². The molecule has 1 amide bonds. The van der Waals surface area contributed by atoms with Gasteiger partial charge in [0.05, 0.1) is 12.7 Å². The van der Waals surface area contributed by atoms with Crippen LogP contribution in [0.3, 0.4) is 0 Å². The molecule has 1 N–H and O–H groups in total. The van der Waals surface area contributed by atoms with Crippen LogP contribution in [0.4, 0.5) is 11.8 Å². The second-order valence-electron chi connectivity index (χ2n) is 4.04. The minimum Gasteiger partial charge on any atom is -0.354 e. The van der Waals surface area contributed by atoms with Crippen molar-refractivity contribution in [3.8, 4) is 0 Å². The minimum atomic E-state index is -0.0165. The number of anilines is 2. The molecule has 0 aliphatic heterocycles. The smallest absolute Gasteiger partial charge is 0.241 e. The topological polar surface area (TPSA) is 61.4 Å². The van der Waals surface area contributed by atoms with E-state index in [0.717, 1.165) is 6.54 Å². The molecule has 0 spiro atoms. The Bertz CT molecular complexity index is 424. The standard InChI is InChI=1S/C11H18ClN5O/c1-5-13-11-14-6-8(12)10(15-11)17(4)7-9(18)16(2)3/h6H,5,7H2,1-4H3,(H,13,14,15). The zero-order valence-electron chi connectivity index (χ0n) is 11.1. The first kappa shape index (κ1) is 14.5. The highest BCUT2D eigenvalue weighted by Gasteiger charge is 2.14. The molecule has 100 valence electrons. The van der Waals surface area contributed by atoms with E-state index >= 15 is 0 Å². The molecule has 0 radical (unpaired) electrons. The third kappa shape index (κ3) is 3.73. The lowest BCUT2D eigenvalue weighted by molar-refractivity contribution is -0.127. The molecule has 1 heterocycles. The van der Waals surface area contributed by atoms with Crippen molar-refractivity contribution in [2.75, 3.05) is 44.4 Å². The second kappa shape index (κ2) is 6.39. The SMILES string of the molecule is CCNc1ncc(Cl)c(N(C)CC(=O)N(C)C)n1. The van der Waals surface area contributed by atoms with Crippen LogP contribution in [0.15, 0.2) is 6.20 Å². The maximum atomic E-state index is 11.6. The first-order valence-electron chi connectivity index (χ1n) is 5.63. The molecular formula is C11H18ClN5O. The summed E-state index contributed by atoms with van der Waals surface area (Å²) in [4.78, 5) is 23.2. The quantitative estimate of drug-likeness (QED) is 0.869. The summed E-state index contributed by atoms with van der Waals surface area (Å²) >= 11 is 6.03. The number of hydrogen-bond acceptors (Lipinski definition) is 5. The molecule has 7 heteroatoms. The van der Waals surface area contributed by atoms with E-state index in [1.807, 2.05) is 6.92 Å². The predicted octanol–water partition coefficient (Wildman–Crippen LogP) is 1.09. The Kier molecular flexibility index (Phi) is 5.15. The molecule has 1 rings (SSSR count). The van der Waals surface area contributed by atoms with E-state index in [0.29, 0.717) is 16.8 Å². The van der Waals surface area contributed by atoms with Crippen LogP contribution in [-0.2, 0) is 4.79 Å². The molecule has 0 unspecified atom stereocenters. The van der Waals surface area contributed by atoms with Crippen LogP contribution in [0.1, 0.15) is 6.92 Å². The molecule has 1 aromatic rings. The number of amides is 1. The maximum Gasteiger partial charge on any atom is 0.241 e. The number of nitrogens with zero attached hydrogens (tertiary/aromatic N) is 4. The van der Waals surface area contributed by atoms with Crippen molar-refractivity contribution in [3.05, 3.63) is 11.2 Å². The Balaban J connectivity index is 2.86. The van der Waals surface area contributed by atoms with Gasteiger partial charge in [-0.15, -0.1) is 0 Å². The number of rotatable bonds is 5. The van der Waals surface area contributed by atoms with Crippen molar-refractivity contribution >= 4 is 29.3 Å². The van der Waals surface area contributed by atoms with E-state index in [9.17, 15) is 4.79 Å². The largest absolute Gasteiger partial charge is 0.354 e. The highest BCUT2D eigenvalue weighted by Crippen LogP contribution is 2.22. The Labute approximate surface area is 112 Å². The van der Waals surface area contributed by atoms with Gasteiger partial charge in [0.2, 0.25) is 11.9 Å². The molecule has 0 fully saturated rings. The minimum absolute atomic E-state index is 0.0165. The van der Waals surface area contributed by atoms with Crippen molar-refractivity contribution < 1.29 is 4.79 Å². The lowest BCUT2D eigenvalue weighted by Crippen LogP contribution is -2.35. The van der Waals surface area contributed by atoms with Crippen molar-refractivity contribution in [2.45, 2.75) is 6.92 Å². The van der Waals surface area contributed by atoms with Crippen molar-refractivity contribution in [2.24, 2.45) is 0 Å². The zero-order chi connectivity index (χ0) is 13.7. The van der Waals surface area contributed by atoms with E-state index in [2.05, 4.69) is 15.3 Å². The van der Waals surface area contributed by atoms with E-state index in [4.69, 9.17) is 11.6 Å². The molecule has 1 aromatic heterocycles. The van der Waals surface area contributed by atoms with Gasteiger partial charge in [-0.05, 0) is 6.92 Å². The summed E-state index contributed by atoms with van der Waals surface area (Å²) in [5.74, 6) is 1.02. The lowest BCUT2D eigenvalue weighted by Gasteiger charge is -2.21. The number of likely N-dealkylation sites (N-methyl/N-ethyl adjacent to an activating group) is 2. The summed E-state index contributed by atoms with van der Waals surface area (Å²) in [6, 6.07) is 0. The average molecular weight is 272 g/mol. The molecule has 0 atom stereocenters. The zero-order valence-corrected chi connectivity index (χ0v) is 11.8. The van der Waals surface area contributed by atoms with Crippen LogP contribution in [0.2, 0.25) is 5.02 Å². The number of aromatic nitrogens is 2. The molecule has 0 saturated heterocycles. The summed E-state index contributed by atoms with van der Waals surface area (Å²) in [6.45, 7) is 2.90. The Morgan fingerprint density at radius 1 is 1.44 bits per heavy atom. The second-order valence-corrected chi connectivity index (χ2v) is 4.45. The number of carbonyl (C=O) groups is 1. The number of nitrogens with one attached hydrogen (secondary N) is 1. The Hall–Kier alpha value is -1.56. The average Bonchev–Trinajstić information content (AvgIpc) is 2.31. The van der Waals surface area contributed by atoms with Gasteiger partial charge in [-0.1, -0.05) is 11.6 Å². The number of carbonyl (C=O) groups excluding carboxylic acids is 1. The van der Waals surface area contributed by atoms with Crippen LogP contribution in [-0.4, -0.2) is 55.0 Å². The summed E-state index contributed by atoms with van der Waals surface area (Å²) in [6.07, 6.45) is 1.53. The summed E-state index contributed by atoms with van der Waals surface area (Å²) < 4.78 is 0. The fourth-order valence-corrected chi connectivity index (χ4v) is 1.52. The molecule has 0 aliphatic carbocycles. The third-order valence-electron chi connectivity index (χ3n) is 2.29. The van der Waals surface area contributed by atoms with Crippen LogP contribution in [0, 0.1) is 0 Å². The summed E-state index contributed by atoms with van der Waals surface area (Å²) in [5.41, 5.74) is 0. The highest BCUT2D eigenvalue weighted by molar-refractivity contribution is 6.32. The summed E-state index contributed by atoms with van der Waals surface area (Å²) in [5, 5.41) is 3.43. The molecule has 0 aliphatic rings. The predicted molar refractivity (Wildman–Crippen MR) is 73.2 cm³/mol. The Morgan fingerprint density at radius 3 is 2.67 bits per heavy atom.